The third-order valence-electron chi connectivity index (χ3n) is 5.05. The minimum Gasteiger partial charge on any atom is -0.344 e. The number of likely N-dealkylation sites (tertiary alicyclic amines) is 1. The predicted octanol–water partition coefficient (Wildman–Crippen LogP) is 1.27. The first-order valence-corrected chi connectivity index (χ1v) is 8.33. The van der Waals surface area contributed by atoms with Crippen LogP contribution in [0, 0.1) is 11.8 Å². The minimum absolute atomic E-state index is 0.0458. The fourth-order valence-electron chi connectivity index (χ4n) is 3.50. The molecular weight excluding hydrogens is 266 g/mol. The molecule has 2 unspecified atom stereocenters. The van der Waals surface area contributed by atoms with Crippen LogP contribution in [0.2, 0.25) is 0 Å². The number of nitrogens with two attached hydrogens (primary N) is 1. The van der Waals surface area contributed by atoms with Crippen LogP contribution in [0.4, 0.5) is 0 Å². The Morgan fingerprint density at radius 3 is 2.19 bits per heavy atom. The van der Waals surface area contributed by atoms with Crippen molar-refractivity contribution in [2.24, 2.45) is 17.6 Å². The normalized spacial score (nSPS) is 23.9. The highest BCUT2D eigenvalue weighted by atomic mass is 16.2. The average molecular weight is 295 g/mol. The molecule has 5 heteroatoms. The number of piperidine rings is 1. The summed E-state index contributed by atoms with van der Waals surface area (Å²) in [7, 11) is 0. The number of nitrogens with one attached hydrogen (secondary N) is 1. The summed E-state index contributed by atoms with van der Waals surface area (Å²) in [6.45, 7) is 5.35. The van der Waals surface area contributed by atoms with Gasteiger partial charge in [-0.1, -0.05) is 12.8 Å². The third kappa shape index (κ3) is 4.19. The predicted molar refractivity (Wildman–Crippen MR) is 82.5 cm³/mol. The number of carbonyl (C=O) groups excluding carboxylic acids is 2. The number of rotatable bonds is 4. The fraction of sp³-hybridized carbons (Fsp3) is 0.875. The van der Waals surface area contributed by atoms with E-state index in [-0.39, 0.29) is 23.8 Å². The number of hydrogen-bond donors (Lipinski definition) is 2. The Morgan fingerprint density at radius 1 is 1.10 bits per heavy atom. The zero-order chi connectivity index (χ0) is 15.4. The molecule has 0 aromatic rings. The van der Waals surface area contributed by atoms with Crippen LogP contribution in [0.15, 0.2) is 0 Å². The van der Waals surface area contributed by atoms with Gasteiger partial charge in [0.25, 0.3) is 0 Å². The molecular formula is C16H29N3O2. The summed E-state index contributed by atoms with van der Waals surface area (Å²) in [6.07, 6.45) is 6.12. The van der Waals surface area contributed by atoms with E-state index in [4.69, 9.17) is 5.73 Å². The molecule has 2 amide bonds. The summed E-state index contributed by atoms with van der Waals surface area (Å²) in [6, 6.07) is -0.216. The monoisotopic (exact) mass is 295 g/mol. The van der Waals surface area contributed by atoms with Crippen LogP contribution < -0.4 is 11.1 Å². The zero-order valence-corrected chi connectivity index (χ0v) is 13.3. The van der Waals surface area contributed by atoms with Crippen molar-refractivity contribution >= 4 is 11.8 Å². The number of hydrogen-bond acceptors (Lipinski definition) is 3. The maximum atomic E-state index is 12.4. The third-order valence-corrected chi connectivity index (χ3v) is 5.05. The second-order valence-corrected chi connectivity index (χ2v) is 6.73. The van der Waals surface area contributed by atoms with E-state index >= 15 is 0 Å². The molecule has 2 aliphatic rings. The van der Waals surface area contributed by atoms with Crippen molar-refractivity contribution in [2.75, 3.05) is 13.1 Å². The molecule has 1 aliphatic heterocycles. The molecule has 21 heavy (non-hydrogen) atoms. The summed E-state index contributed by atoms with van der Waals surface area (Å²) in [4.78, 5) is 26.4. The Bertz CT molecular complexity index is 370. The van der Waals surface area contributed by atoms with Crippen molar-refractivity contribution in [3.8, 4) is 0 Å². The van der Waals surface area contributed by atoms with Gasteiger partial charge in [0.15, 0.2) is 0 Å². The van der Waals surface area contributed by atoms with Crippen LogP contribution in [0.3, 0.4) is 0 Å². The molecule has 2 atom stereocenters. The van der Waals surface area contributed by atoms with E-state index in [1.54, 1.807) is 6.92 Å². The van der Waals surface area contributed by atoms with Gasteiger partial charge >= 0.3 is 0 Å². The van der Waals surface area contributed by atoms with Gasteiger partial charge < -0.3 is 16.0 Å². The lowest BCUT2D eigenvalue weighted by Crippen LogP contribution is -2.51. The first kappa shape index (κ1) is 16.3. The number of nitrogens with zero attached hydrogens (tertiary/aromatic N) is 1. The van der Waals surface area contributed by atoms with Crippen molar-refractivity contribution < 1.29 is 9.59 Å². The van der Waals surface area contributed by atoms with Crippen LogP contribution in [-0.4, -0.2) is 41.9 Å². The second kappa shape index (κ2) is 7.25. The lowest BCUT2D eigenvalue weighted by atomic mass is 9.91. The highest BCUT2D eigenvalue weighted by Crippen LogP contribution is 2.25. The van der Waals surface area contributed by atoms with Gasteiger partial charge in [-0.2, -0.15) is 0 Å². The molecule has 2 rings (SSSR count). The molecule has 0 spiro atoms. The molecule has 1 heterocycles. The summed E-state index contributed by atoms with van der Waals surface area (Å²) >= 11 is 0. The van der Waals surface area contributed by atoms with Gasteiger partial charge in [0.2, 0.25) is 11.8 Å². The van der Waals surface area contributed by atoms with Crippen molar-refractivity contribution in [3.63, 3.8) is 0 Å². The lowest BCUT2D eigenvalue weighted by Gasteiger charge is -2.35. The first-order valence-electron chi connectivity index (χ1n) is 8.33. The molecule has 2 fully saturated rings. The van der Waals surface area contributed by atoms with Crippen LogP contribution in [0.5, 0.6) is 0 Å². The van der Waals surface area contributed by atoms with Crippen LogP contribution in [0.1, 0.15) is 52.4 Å². The van der Waals surface area contributed by atoms with Crippen molar-refractivity contribution in [1.29, 1.82) is 0 Å². The topological polar surface area (TPSA) is 75.4 Å². The van der Waals surface area contributed by atoms with E-state index in [9.17, 15) is 9.59 Å². The molecule has 0 bridgehead atoms. The van der Waals surface area contributed by atoms with Crippen molar-refractivity contribution in [1.82, 2.24) is 10.2 Å². The van der Waals surface area contributed by atoms with E-state index in [0.717, 1.165) is 51.6 Å². The minimum atomic E-state index is -0.412. The van der Waals surface area contributed by atoms with Gasteiger partial charge in [-0.3, -0.25) is 9.59 Å². The lowest BCUT2D eigenvalue weighted by molar-refractivity contribution is -0.138. The Balaban J connectivity index is 1.78. The van der Waals surface area contributed by atoms with Gasteiger partial charge in [-0.25, -0.2) is 0 Å². The summed E-state index contributed by atoms with van der Waals surface area (Å²) < 4.78 is 0. The maximum absolute atomic E-state index is 12.4. The first-order chi connectivity index (χ1) is 9.99. The summed E-state index contributed by atoms with van der Waals surface area (Å²) in [5.74, 6) is 0.727. The molecule has 5 nitrogen and oxygen atoms in total. The molecule has 3 N–H and O–H groups in total. The molecule has 1 aliphatic carbocycles. The zero-order valence-electron chi connectivity index (χ0n) is 13.3. The highest BCUT2D eigenvalue weighted by molar-refractivity contribution is 5.88. The van der Waals surface area contributed by atoms with Crippen LogP contribution in [0.25, 0.3) is 0 Å². The Morgan fingerprint density at radius 2 is 1.67 bits per heavy atom. The Kier molecular flexibility index (Phi) is 5.62. The highest BCUT2D eigenvalue weighted by Gasteiger charge is 2.30. The van der Waals surface area contributed by atoms with E-state index in [0.29, 0.717) is 5.92 Å². The molecule has 1 saturated heterocycles. The molecule has 120 valence electrons. The molecule has 0 aromatic carbocycles. The van der Waals surface area contributed by atoms with Gasteiger partial charge in [-0.05, 0) is 45.4 Å². The Labute approximate surface area is 127 Å². The van der Waals surface area contributed by atoms with Gasteiger partial charge in [0.1, 0.15) is 6.04 Å². The van der Waals surface area contributed by atoms with E-state index in [1.807, 2.05) is 11.8 Å². The standard InChI is InChI=1S/C16H29N3O2/c1-11(17)13-7-9-19(10-8-13)16(21)12(2)18-15(20)14-5-3-4-6-14/h11-14H,3-10,17H2,1-2H3,(H,18,20). The van der Waals surface area contributed by atoms with E-state index < -0.39 is 6.04 Å². The molecule has 1 saturated carbocycles. The quantitative estimate of drug-likeness (QED) is 0.820. The molecule has 0 radical (unpaired) electrons. The SMILES string of the molecule is CC(NC(=O)C1CCCC1)C(=O)N1CCC(C(C)N)CC1. The fourth-order valence-corrected chi connectivity index (χ4v) is 3.50. The number of carbonyl (C=O) groups is 2. The van der Waals surface area contributed by atoms with Crippen LogP contribution in [-0.2, 0) is 9.59 Å². The number of amides is 2. The Hall–Kier alpha value is -1.10. The average Bonchev–Trinajstić information content (AvgIpc) is 3.00. The van der Waals surface area contributed by atoms with E-state index in [1.165, 1.54) is 0 Å². The van der Waals surface area contributed by atoms with Crippen molar-refractivity contribution in [3.05, 3.63) is 0 Å². The van der Waals surface area contributed by atoms with Gasteiger partial charge in [0.05, 0.1) is 0 Å². The summed E-state index contributed by atoms with van der Waals surface area (Å²) in [5.41, 5.74) is 5.92. The largest absolute Gasteiger partial charge is 0.344 e. The van der Waals surface area contributed by atoms with E-state index in [2.05, 4.69) is 5.32 Å². The van der Waals surface area contributed by atoms with Crippen LogP contribution >= 0.6 is 0 Å². The van der Waals surface area contributed by atoms with Gasteiger partial charge in [0, 0.05) is 25.0 Å². The second-order valence-electron chi connectivity index (χ2n) is 6.73. The summed E-state index contributed by atoms with van der Waals surface area (Å²) in [5, 5.41) is 2.90. The molecule has 0 aromatic heterocycles. The van der Waals surface area contributed by atoms with Crippen molar-refractivity contribution in [2.45, 2.75) is 64.5 Å². The maximum Gasteiger partial charge on any atom is 0.244 e. The smallest absolute Gasteiger partial charge is 0.244 e. The van der Waals surface area contributed by atoms with Gasteiger partial charge in [-0.15, -0.1) is 0 Å².